The van der Waals surface area contributed by atoms with Gasteiger partial charge in [-0.25, -0.2) is 0 Å². The smallest absolute Gasteiger partial charge is 0.149 e. The molecule has 21 heavy (non-hydrogen) atoms. The van der Waals surface area contributed by atoms with Crippen LogP contribution in [0.5, 0.6) is 0 Å². The second kappa shape index (κ2) is 6.51. The van der Waals surface area contributed by atoms with Crippen LogP contribution in [0.25, 0.3) is 0 Å². The highest BCUT2D eigenvalue weighted by molar-refractivity contribution is 7.10. The van der Waals surface area contributed by atoms with Gasteiger partial charge >= 0.3 is 0 Å². The highest BCUT2D eigenvalue weighted by atomic mass is 32.1. The van der Waals surface area contributed by atoms with Gasteiger partial charge in [-0.3, -0.25) is 5.32 Å². The Hall–Kier alpha value is -1.50. The van der Waals surface area contributed by atoms with Gasteiger partial charge in [-0.1, -0.05) is 12.1 Å². The van der Waals surface area contributed by atoms with Gasteiger partial charge in [-0.05, 0) is 29.8 Å². The Morgan fingerprint density at radius 2 is 2.05 bits per heavy atom. The van der Waals surface area contributed by atoms with E-state index < -0.39 is 0 Å². The summed E-state index contributed by atoms with van der Waals surface area (Å²) in [6, 6.07) is 9.06. The van der Waals surface area contributed by atoms with E-state index in [1.807, 2.05) is 23.0 Å². The maximum atomic E-state index is 4.20. The first-order valence-corrected chi connectivity index (χ1v) is 8.65. The maximum Gasteiger partial charge on any atom is 0.149 e. The summed E-state index contributed by atoms with van der Waals surface area (Å²) in [4.78, 5) is 2.75. The van der Waals surface area contributed by atoms with Gasteiger partial charge in [0.2, 0.25) is 0 Å². The lowest BCUT2D eigenvalue weighted by atomic mass is 10.1. The Balaban J connectivity index is 1.78. The molecule has 3 aromatic rings. The lowest BCUT2D eigenvalue weighted by Crippen LogP contribution is -2.27. The first-order chi connectivity index (χ1) is 10.2. The van der Waals surface area contributed by atoms with E-state index in [0.717, 1.165) is 12.2 Å². The van der Waals surface area contributed by atoms with Crippen LogP contribution in [-0.2, 0) is 13.5 Å². The summed E-state index contributed by atoms with van der Waals surface area (Å²) in [7, 11) is 1.98. The third-order valence-corrected chi connectivity index (χ3v) is 5.34. The van der Waals surface area contributed by atoms with Crippen LogP contribution < -0.4 is 5.32 Å². The minimum atomic E-state index is 0.157. The van der Waals surface area contributed by atoms with Crippen LogP contribution in [-0.4, -0.2) is 14.8 Å². The lowest BCUT2D eigenvalue weighted by molar-refractivity contribution is 0.447. The van der Waals surface area contributed by atoms with Crippen LogP contribution in [0.15, 0.2) is 41.4 Å². The van der Waals surface area contributed by atoms with Crippen molar-refractivity contribution in [3.8, 4) is 0 Å². The summed E-state index contributed by atoms with van der Waals surface area (Å²) in [5, 5.41) is 16.1. The molecule has 0 fully saturated rings. The van der Waals surface area contributed by atoms with Gasteiger partial charge in [0.15, 0.2) is 0 Å². The zero-order valence-corrected chi connectivity index (χ0v) is 13.7. The van der Waals surface area contributed by atoms with E-state index in [4.69, 9.17) is 0 Å². The molecule has 0 radical (unpaired) electrons. The number of nitrogens with zero attached hydrogens (tertiary/aromatic N) is 3. The van der Waals surface area contributed by atoms with E-state index in [9.17, 15) is 0 Å². The molecule has 0 amide bonds. The standard InChI is InChI=1S/C15H18N4S2/c1-11(15-18-16-10-19(15)2)17-13(14-6-4-8-21-14)9-12-5-3-7-20-12/h3-8,10-11,13,17H,9H2,1-2H3. The van der Waals surface area contributed by atoms with Crippen molar-refractivity contribution in [1.82, 2.24) is 20.1 Å². The molecular formula is C15H18N4S2. The van der Waals surface area contributed by atoms with Crippen molar-refractivity contribution in [2.24, 2.45) is 7.05 Å². The van der Waals surface area contributed by atoms with Crippen LogP contribution in [0.2, 0.25) is 0 Å². The number of aromatic nitrogens is 3. The Kier molecular flexibility index (Phi) is 4.48. The van der Waals surface area contributed by atoms with Crippen molar-refractivity contribution in [2.45, 2.75) is 25.4 Å². The monoisotopic (exact) mass is 318 g/mol. The molecule has 0 aliphatic carbocycles. The molecule has 0 aliphatic rings. The van der Waals surface area contributed by atoms with Crippen LogP contribution in [0.4, 0.5) is 0 Å². The predicted molar refractivity (Wildman–Crippen MR) is 87.6 cm³/mol. The zero-order valence-electron chi connectivity index (χ0n) is 12.1. The average molecular weight is 318 g/mol. The first-order valence-electron chi connectivity index (χ1n) is 6.90. The second-order valence-electron chi connectivity index (χ2n) is 5.04. The highest BCUT2D eigenvalue weighted by Crippen LogP contribution is 2.27. The molecule has 6 heteroatoms. The van der Waals surface area contributed by atoms with Gasteiger partial charge in [0.05, 0.1) is 6.04 Å². The Bertz CT molecular complexity index is 658. The van der Waals surface area contributed by atoms with Gasteiger partial charge in [0.1, 0.15) is 12.2 Å². The molecule has 2 atom stereocenters. The quantitative estimate of drug-likeness (QED) is 0.755. The van der Waals surface area contributed by atoms with Crippen molar-refractivity contribution in [2.75, 3.05) is 0 Å². The van der Waals surface area contributed by atoms with Crippen molar-refractivity contribution >= 4 is 22.7 Å². The molecule has 3 heterocycles. The van der Waals surface area contributed by atoms with Crippen molar-refractivity contribution in [3.05, 3.63) is 56.9 Å². The molecule has 2 unspecified atom stereocenters. The molecule has 4 nitrogen and oxygen atoms in total. The molecule has 0 spiro atoms. The zero-order chi connectivity index (χ0) is 14.7. The maximum absolute atomic E-state index is 4.20. The van der Waals surface area contributed by atoms with Crippen molar-refractivity contribution < 1.29 is 0 Å². The topological polar surface area (TPSA) is 42.7 Å². The fourth-order valence-corrected chi connectivity index (χ4v) is 3.96. The summed E-state index contributed by atoms with van der Waals surface area (Å²) in [5.74, 6) is 0.961. The fourth-order valence-electron chi connectivity index (χ4n) is 2.42. The largest absolute Gasteiger partial charge is 0.319 e. The molecule has 110 valence electrons. The fraction of sp³-hybridized carbons (Fsp3) is 0.333. The second-order valence-corrected chi connectivity index (χ2v) is 7.05. The Morgan fingerprint density at radius 3 is 2.67 bits per heavy atom. The van der Waals surface area contributed by atoms with E-state index in [2.05, 4.69) is 57.5 Å². The minimum Gasteiger partial charge on any atom is -0.319 e. The predicted octanol–water partition coefficient (Wildman–Crippen LogP) is 3.57. The lowest BCUT2D eigenvalue weighted by Gasteiger charge is -2.21. The van der Waals surface area contributed by atoms with Crippen LogP contribution in [0.3, 0.4) is 0 Å². The number of thiophene rings is 2. The molecule has 0 saturated carbocycles. The first kappa shape index (κ1) is 14.4. The average Bonchev–Trinajstić information content (AvgIpc) is 3.20. The molecule has 0 aromatic carbocycles. The number of rotatable bonds is 6. The normalized spacial score (nSPS) is 14.2. The molecule has 1 N–H and O–H groups in total. The Morgan fingerprint density at radius 1 is 1.24 bits per heavy atom. The van der Waals surface area contributed by atoms with Crippen molar-refractivity contribution in [3.63, 3.8) is 0 Å². The molecule has 3 rings (SSSR count). The van der Waals surface area contributed by atoms with Crippen molar-refractivity contribution in [1.29, 1.82) is 0 Å². The van der Waals surface area contributed by atoms with Crippen LogP contribution in [0.1, 0.15) is 34.6 Å². The van der Waals surface area contributed by atoms with Gasteiger partial charge in [0, 0.05) is 29.3 Å². The number of nitrogens with one attached hydrogen (secondary N) is 1. The molecule has 3 aromatic heterocycles. The summed E-state index contributed by atoms with van der Waals surface area (Å²) in [6.07, 6.45) is 2.74. The summed E-state index contributed by atoms with van der Waals surface area (Å²) >= 11 is 3.60. The van der Waals surface area contributed by atoms with Gasteiger partial charge in [-0.15, -0.1) is 32.9 Å². The van der Waals surface area contributed by atoms with Crippen LogP contribution in [0, 0.1) is 0 Å². The van der Waals surface area contributed by atoms with Crippen LogP contribution >= 0.6 is 22.7 Å². The van der Waals surface area contributed by atoms with Gasteiger partial charge in [0.25, 0.3) is 0 Å². The van der Waals surface area contributed by atoms with E-state index in [1.165, 1.54) is 9.75 Å². The van der Waals surface area contributed by atoms with Gasteiger partial charge < -0.3 is 4.57 Å². The minimum absolute atomic E-state index is 0.157. The van der Waals surface area contributed by atoms with E-state index in [-0.39, 0.29) is 6.04 Å². The summed E-state index contributed by atoms with van der Waals surface area (Å²) in [5.41, 5.74) is 0. The number of hydrogen-bond donors (Lipinski definition) is 1. The number of aryl methyl sites for hydroxylation is 1. The molecule has 0 saturated heterocycles. The molecule has 0 bridgehead atoms. The third kappa shape index (κ3) is 3.40. The highest BCUT2D eigenvalue weighted by Gasteiger charge is 2.19. The summed E-state index contributed by atoms with van der Waals surface area (Å²) < 4.78 is 1.97. The summed E-state index contributed by atoms with van der Waals surface area (Å²) in [6.45, 7) is 2.14. The molecule has 0 aliphatic heterocycles. The molecular weight excluding hydrogens is 300 g/mol. The SMILES string of the molecule is CC(NC(Cc1cccs1)c1cccs1)c1nncn1C. The van der Waals surface area contributed by atoms with Gasteiger partial charge in [-0.2, -0.15) is 0 Å². The van der Waals surface area contributed by atoms with E-state index in [0.29, 0.717) is 6.04 Å². The van der Waals surface area contributed by atoms with E-state index >= 15 is 0 Å². The Labute approximate surface area is 132 Å². The van der Waals surface area contributed by atoms with E-state index in [1.54, 1.807) is 17.7 Å². The third-order valence-electron chi connectivity index (χ3n) is 3.46. The number of hydrogen-bond acceptors (Lipinski definition) is 5.